The predicted octanol–water partition coefficient (Wildman–Crippen LogP) is 4.98. The van der Waals surface area contributed by atoms with Gasteiger partial charge < -0.3 is 5.32 Å². The number of alkyl halides is 1. The smallest absolute Gasteiger partial charge is 0.252 e. The van der Waals surface area contributed by atoms with E-state index in [-0.39, 0.29) is 5.91 Å². The van der Waals surface area contributed by atoms with Gasteiger partial charge in [-0.1, -0.05) is 42.6 Å². The van der Waals surface area contributed by atoms with Crippen molar-refractivity contribution < 1.29 is 4.79 Å². The van der Waals surface area contributed by atoms with Crippen molar-refractivity contribution >= 4 is 60.4 Å². The number of hydrogen-bond acceptors (Lipinski definition) is 1. The van der Waals surface area contributed by atoms with Crippen molar-refractivity contribution in [2.24, 2.45) is 5.92 Å². The van der Waals surface area contributed by atoms with Crippen molar-refractivity contribution in [1.29, 1.82) is 0 Å². The van der Waals surface area contributed by atoms with Gasteiger partial charge in [-0.15, -0.1) is 0 Å². The maximum absolute atomic E-state index is 12.2. The van der Waals surface area contributed by atoms with E-state index in [1.54, 1.807) is 0 Å². The molecule has 1 atom stereocenters. The Bertz CT molecular complexity index is 435. The van der Waals surface area contributed by atoms with Crippen LogP contribution in [-0.4, -0.2) is 17.3 Å². The lowest BCUT2D eigenvalue weighted by atomic mass is 9.99. The topological polar surface area (TPSA) is 29.1 Å². The minimum absolute atomic E-state index is 0.0270. The van der Waals surface area contributed by atoms with Crippen molar-refractivity contribution in [3.8, 4) is 0 Å². The van der Waals surface area contributed by atoms with Gasteiger partial charge in [-0.3, -0.25) is 4.79 Å². The van der Waals surface area contributed by atoms with E-state index >= 15 is 0 Å². The van der Waals surface area contributed by atoms with E-state index in [0.29, 0.717) is 22.9 Å². The molecule has 0 saturated carbocycles. The second-order valence-electron chi connectivity index (χ2n) is 4.43. The summed E-state index contributed by atoms with van der Waals surface area (Å²) < 4.78 is 1.89. The number of hydrogen-bond donors (Lipinski definition) is 1. The zero-order valence-corrected chi connectivity index (χ0v) is 16.4. The predicted molar refractivity (Wildman–Crippen MR) is 96.0 cm³/mol. The first kappa shape index (κ1) is 17.4. The minimum Gasteiger partial charge on any atom is -0.351 e. The third-order valence-corrected chi connectivity index (χ3v) is 5.62. The Labute approximate surface area is 145 Å². The highest BCUT2D eigenvalue weighted by molar-refractivity contribution is 14.1. The molecule has 0 aliphatic rings. The molecular formula is C14H18Br2INO. The van der Waals surface area contributed by atoms with Crippen molar-refractivity contribution in [1.82, 2.24) is 5.32 Å². The van der Waals surface area contributed by atoms with Gasteiger partial charge in [0.1, 0.15) is 0 Å². The quantitative estimate of drug-likeness (QED) is 0.431. The summed E-state index contributed by atoms with van der Waals surface area (Å²) in [5, 5.41) is 3.00. The lowest BCUT2D eigenvalue weighted by Gasteiger charge is -2.20. The van der Waals surface area contributed by atoms with E-state index in [9.17, 15) is 4.79 Å². The normalized spacial score (nSPS) is 12.5. The summed E-state index contributed by atoms with van der Waals surface area (Å²) in [7, 11) is 0. The zero-order chi connectivity index (χ0) is 14.4. The van der Waals surface area contributed by atoms with E-state index in [4.69, 9.17) is 0 Å². The average molecular weight is 503 g/mol. The Morgan fingerprint density at radius 1 is 1.37 bits per heavy atom. The first-order chi connectivity index (χ1) is 8.99. The van der Waals surface area contributed by atoms with Gasteiger partial charge in [-0.25, -0.2) is 0 Å². The standard InChI is InChI=1S/C14H18Br2INO/c1-3-9(4-2)13(16)8-18-14(19)11-7-10(17)5-6-12(11)15/h5-7,9,13H,3-4,8H2,1-2H3,(H,18,19). The lowest BCUT2D eigenvalue weighted by Crippen LogP contribution is -2.33. The number of carbonyl (C=O) groups is 1. The summed E-state index contributed by atoms with van der Waals surface area (Å²) >= 11 is 9.30. The van der Waals surface area contributed by atoms with Crippen LogP contribution in [0.15, 0.2) is 22.7 Å². The fraction of sp³-hybridized carbons (Fsp3) is 0.500. The van der Waals surface area contributed by atoms with E-state index < -0.39 is 0 Å². The molecule has 106 valence electrons. The molecule has 2 nitrogen and oxygen atoms in total. The molecular weight excluding hydrogens is 485 g/mol. The van der Waals surface area contributed by atoms with E-state index in [1.165, 1.54) is 0 Å². The monoisotopic (exact) mass is 501 g/mol. The minimum atomic E-state index is -0.0270. The average Bonchev–Trinajstić information content (AvgIpc) is 2.40. The van der Waals surface area contributed by atoms with Crippen LogP contribution in [0.1, 0.15) is 37.0 Å². The number of benzene rings is 1. The van der Waals surface area contributed by atoms with Crippen LogP contribution >= 0.6 is 54.5 Å². The maximum atomic E-state index is 12.2. The lowest BCUT2D eigenvalue weighted by molar-refractivity contribution is 0.0951. The van der Waals surface area contributed by atoms with Crippen LogP contribution in [-0.2, 0) is 0 Å². The molecule has 0 fully saturated rings. The molecule has 19 heavy (non-hydrogen) atoms. The van der Waals surface area contributed by atoms with Crippen LogP contribution in [0.25, 0.3) is 0 Å². The van der Waals surface area contributed by atoms with Crippen LogP contribution < -0.4 is 5.32 Å². The third-order valence-electron chi connectivity index (χ3n) is 3.19. The molecule has 0 spiro atoms. The fourth-order valence-corrected chi connectivity index (χ4v) is 3.75. The van der Waals surface area contributed by atoms with E-state index in [0.717, 1.165) is 20.9 Å². The maximum Gasteiger partial charge on any atom is 0.252 e. The molecule has 0 bridgehead atoms. The number of rotatable bonds is 6. The van der Waals surface area contributed by atoms with Crippen molar-refractivity contribution in [3.05, 3.63) is 31.8 Å². The largest absolute Gasteiger partial charge is 0.351 e. The van der Waals surface area contributed by atoms with Gasteiger partial charge in [-0.05, 0) is 62.6 Å². The molecule has 1 amide bonds. The Morgan fingerprint density at radius 2 is 2.00 bits per heavy atom. The summed E-state index contributed by atoms with van der Waals surface area (Å²) in [4.78, 5) is 12.5. The van der Waals surface area contributed by atoms with Crippen LogP contribution in [0.5, 0.6) is 0 Å². The summed E-state index contributed by atoms with van der Waals surface area (Å²) in [5.41, 5.74) is 0.691. The van der Waals surface area contributed by atoms with Gasteiger partial charge in [0, 0.05) is 19.4 Å². The molecule has 1 aromatic rings. The van der Waals surface area contributed by atoms with Crippen molar-refractivity contribution in [3.63, 3.8) is 0 Å². The Balaban J connectivity index is 2.63. The molecule has 1 N–H and O–H groups in total. The first-order valence-electron chi connectivity index (χ1n) is 6.36. The third kappa shape index (κ3) is 5.34. The van der Waals surface area contributed by atoms with Crippen LogP contribution in [0.3, 0.4) is 0 Å². The van der Waals surface area contributed by atoms with Crippen LogP contribution in [0.2, 0.25) is 0 Å². The van der Waals surface area contributed by atoms with Gasteiger partial charge in [0.2, 0.25) is 0 Å². The highest BCUT2D eigenvalue weighted by Crippen LogP contribution is 2.21. The van der Waals surface area contributed by atoms with Gasteiger partial charge >= 0.3 is 0 Å². The van der Waals surface area contributed by atoms with Crippen molar-refractivity contribution in [2.75, 3.05) is 6.54 Å². The van der Waals surface area contributed by atoms with Crippen LogP contribution in [0, 0.1) is 9.49 Å². The molecule has 0 aliphatic heterocycles. The molecule has 0 heterocycles. The fourth-order valence-electron chi connectivity index (χ4n) is 1.92. The number of carbonyl (C=O) groups excluding carboxylic acids is 1. The number of amides is 1. The Hall–Kier alpha value is 0.380. The van der Waals surface area contributed by atoms with Crippen LogP contribution in [0.4, 0.5) is 0 Å². The summed E-state index contributed by atoms with van der Waals surface area (Å²) in [6.45, 7) is 5.02. The second-order valence-corrected chi connectivity index (χ2v) is 7.70. The molecule has 5 heteroatoms. The van der Waals surface area contributed by atoms with E-state index in [1.807, 2.05) is 18.2 Å². The van der Waals surface area contributed by atoms with Gasteiger partial charge in [-0.2, -0.15) is 0 Å². The van der Waals surface area contributed by atoms with Gasteiger partial charge in [0.15, 0.2) is 0 Å². The molecule has 0 aromatic heterocycles. The van der Waals surface area contributed by atoms with Gasteiger partial charge in [0.25, 0.3) is 5.91 Å². The van der Waals surface area contributed by atoms with Gasteiger partial charge in [0.05, 0.1) is 5.56 Å². The molecule has 0 saturated heterocycles. The Kier molecular flexibility index (Phi) is 7.91. The summed E-state index contributed by atoms with van der Waals surface area (Å²) in [6, 6.07) is 5.77. The second kappa shape index (κ2) is 8.62. The number of nitrogens with one attached hydrogen (secondary N) is 1. The zero-order valence-electron chi connectivity index (χ0n) is 11.1. The summed E-state index contributed by atoms with van der Waals surface area (Å²) in [6.07, 6.45) is 2.24. The molecule has 0 aliphatic carbocycles. The molecule has 1 unspecified atom stereocenters. The first-order valence-corrected chi connectivity index (χ1v) is 9.15. The molecule has 1 aromatic carbocycles. The van der Waals surface area contributed by atoms with Crippen molar-refractivity contribution in [2.45, 2.75) is 31.5 Å². The number of halogens is 3. The Morgan fingerprint density at radius 3 is 2.58 bits per heavy atom. The SMILES string of the molecule is CCC(CC)C(Br)CNC(=O)c1cc(I)ccc1Br. The van der Waals surface area contributed by atoms with E-state index in [2.05, 4.69) is 73.6 Å². The summed E-state index contributed by atoms with van der Waals surface area (Å²) in [5.74, 6) is 0.570. The highest BCUT2D eigenvalue weighted by Gasteiger charge is 2.17. The highest BCUT2D eigenvalue weighted by atomic mass is 127. The molecule has 1 rings (SSSR count). The molecule has 0 radical (unpaired) electrons.